The molecule has 0 aromatic heterocycles. The molecular formula is C19H23BrN2O2. The van der Waals surface area contributed by atoms with Gasteiger partial charge in [-0.2, -0.15) is 0 Å². The van der Waals surface area contributed by atoms with Gasteiger partial charge in [-0.25, -0.2) is 0 Å². The number of halogens is 1. The Balaban J connectivity index is 1.80. The standard InChI is InChI=1S/C19H23BrN2O2/c1-19(2,3)22-18(23)13-24-17-10-4-14(5-11-17)12-21-16-8-6-15(20)7-9-16/h4-11,21H,12-13H2,1-3H3,(H,22,23). The van der Waals surface area contributed by atoms with E-state index in [1.807, 2.05) is 69.3 Å². The Morgan fingerprint density at radius 3 is 2.25 bits per heavy atom. The van der Waals surface area contributed by atoms with Gasteiger partial charge in [0.2, 0.25) is 0 Å². The van der Waals surface area contributed by atoms with Crippen LogP contribution in [0.15, 0.2) is 53.0 Å². The molecule has 2 aromatic carbocycles. The van der Waals surface area contributed by atoms with Crippen molar-refractivity contribution >= 4 is 27.5 Å². The molecule has 5 heteroatoms. The predicted molar refractivity (Wildman–Crippen MR) is 101 cm³/mol. The molecule has 0 heterocycles. The van der Waals surface area contributed by atoms with Gasteiger partial charge in [-0.1, -0.05) is 28.1 Å². The smallest absolute Gasteiger partial charge is 0.258 e. The third kappa shape index (κ3) is 6.62. The van der Waals surface area contributed by atoms with Gasteiger partial charge in [0.15, 0.2) is 6.61 Å². The topological polar surface area (TPSA) is 50.4 Å². The molecule has 0 fully saturated rings. The molecule has 0 aliphatic rings. The lowest BCUT2D eigenvalue weighted by atomic mass is 10.1. The highest BCUT2D eigenvalue weighted by Crippen LogP contribution is 2.16. The second-order valence-corrected chi connectivity index (χ2v) is 7.51. The van der Waals surface area contributed by atoms with Crippen molar-refractivity contribution in [1.82, 2.24) is 5.32 Å². The molecule has 0 atom stereocenters. The summed E-state index contributed by atoms with van der Waals surface area (Å²) in [4.78, 5) is 11.7. The van der Waals surface area contributed by atoms with E-state index >= 15 is 0 Å². The van der Waals surface area contributed by atoms with Crippen LogP contribution in [0, 0.1) is 0 Å². The maximum Gasteiger partial charge on any atom is 0.258 e. The first-order chi connectivity index (χ1) is 11.3. The van der Waals surface area contributed by atoms with Gasteiger partial charge in [0.25, 0.3) is 5.91 Å². The van der Waals surface area contributed by atoms with Gasteiger partial charge in [0, 0.05) is 22.2 Å². The zero-order valence-corrected chi connectivity index (χ0v) is 15.8. The van der Waals surface area contributed by atoms with E-state index in [1.165, 1.54) is 0 Å². The maximum absolute atomic E-state index is 11.7. The number of hydrogen-bond acceptors (Lipinski definition) is 3. The summed E-state index contributed by atoms with van der Waals surface area (Å²) in [6.07, 6.45) is 0. The van der Waals surface area contributed by atoms with Gasteiger partial charge in [-0.3, -0.25) is 4.79 Å². The number of nitrogens with one attached hydrogen (secondary N) is 2. The van der Waals surface area contributed by atoms with Crippen LogP contribution in [0.25, 0.3) is 0 Å². The molecule has 2 aromatic rings. The molecule has 0 unspecified atom stereocenters. The zero-order valence-electron chi connectivity index (χ0n) is 14.2. The minimum Gasteiger partial charge on any atom is -0.484 e. The lowest BCUT2D eigenvalue weighted by Gasteiger charge is -2.20. The zero-order chi connectivity index (χ0) is 17.6. The lowest BCUT2D eigenvalue weighted by molar-refractivity contribution is -0.124. The first kappa shape index (κ1) is 18.3. The normalized spacial score (nSPS) is 11.0. The first-order valence-corrected chi connectivity index (χ1v) is 8.63. The second-order valence-electron chi connectivity index (χ2n) is 6.59. The average Bonchev–Trinajstić information content (AvgIpc) is 2.52. The van der Waals surface area contributed by atoms with Crippen molar-refractivity contribution < 1.29 is 9.53 Å². The molecule has 128 valence electrons. The van der Waals surface area contributed by atoms with Gasteiger partial charge in [0.05, 0.1) is 0 Å². The molecule has 4 nitrogen and oxygen atoms in total. The highest BCUT2D eigenvalue weighted by atomic mass is 79.9. The highest BCUT2D eigenvalue weighted by Gasteiger charge is 2.13. The maximum atomic E-state index is 11.7. The molecule has 0 aliphatic carbocycles. The number of carbonyl (C=O) groups is 1. The summed E-state index contributed by atoms with van der Waals surface area (Å²) in [6.45, 7) is 6.58. The molecule has 2 rings (SSSR count). The average molecular weight is 391 g/mol. The molecule has 24 heavy (non-hydrogen) atoms. The second kappa shape index (κ2) is 8.20. The third-order valence-corrected chi connectivity index (χ3v) is 3.68. The van der Waals surface area contributed by atoms with E-state index in [2.05, 4.69) is 26.6 Å². The van der Waals surface area contributed by atoms with E-state index in [4.69, 9.17) is 4.74 Å². The fraction of sp³-hybridized carbons (Fsp3) is 0.316. The Kier molecular flexibility index (Phi) is 6.26. The van der Waals surface area contributed by atoms with Crippen LogP contribution in [0.2, 0.25) is 0 Å². The minimum atomic E-state index is -0.247. The summed E-state index contributed by atoms with van der Waals surface area (Å²) in [7, 11) is 0. The van der Waals surface area contributed by atoms with Crippen LogP contribution >= 0.6 is 15.9 Å². The van der Waals surface area contributed by atoms with Crippen LogP contribution < -0.4 is 15.4 Å². The van der Waals surface area contributed by atoms with Crippen LogP contribution in [0.1, 0.15) is 26.3 Å². The fourth-order valence-corrected chi connectivity index (χ4v) is 2.34. The number of hydrogen-bond donors (Lipinski definition) is 2. The predicted octanol–water partition coefficient (Wildman–Crippen LogP) is 4.35. The van der Waals surface area contributed by atoms with Crippen molar-refractivity contribution in [2.45, 2.75) is 32.9 Å². The van der Waals surface area contributed by atoms with Crippen LogP contribution in [-0.4, -0.2) is 18.1 Å². The van der Waals surface area contributed by atoms with Crippen LogP contribution in [0.5, 0.6) is 5.75 Å². The third-order valence-electron chi connectivity index (χ3n) is 3.15. The number of ether oxygens (including phenoxy) is 1. The molecule has 0 saturated heterocycles. The van der Waals surface area contributed by atoms with E-state index in [0.717, 1.165) is 22.3 Å². The van der Waals surface area contributed by atoms with Crippen molar-refractivity contribution in [3.8, 4) is 5.75 Å². The Bertz CT molecular complexity index is 661. The number of anilines is 1. The van der Waals surface area contributed by atoms with Crippen molar-refractivity contribution in [3.63, 3.8) is 0 Å². The number of amides is 1. The van der Waals surface area contributed by atoms with Gasteiger partial charge in [-0.15, -0.1) is 0 Å². The molecule has 2 N–H and O–H groups in total. The Morgan fingerprint density at radius 2 is 1.67 bits per heavy atom. The molecule has 0 spiro atoms. The van der Waals surface area contributed by atoms with E-state index in [9.17, 15) is 4.79 Å². The Labute approximate surface area is 151 Å². The van der Waals surface area contributed by atoms with Crippen molar-refractivity contribution in [2.24, 2.45) is 0 Å². The summed E-state index contributed by atoms with van der Waals surface area (Å²) < 4.78 is 6.57. The van der Waals surface area contributed by atoms with Crippen molar-refractivity contribution in [3.05, 3.63) is 58.6 Å². The summed E-state index contributed by atoms with van der Waals surface area (Å²) in [5.41, 5.74) is 1.96. The molecular weight excluding hydrogens is 368 g/mol. The highest BCUT2D eigenvalue weighted by molar-refractivity contribution is 9.10. The van der Waals surface area contributed by atoms with Gasteiger partial charge in [0.1, 0.15) is 5.75 Å². The van der Waals surface area contributed by atoms with Crippen LogP contribution in [0.4, 0.5) is 5.69 Å². The summed E-state index contributed by atoms with van der Waals surface area (Å²) >= 11 is 3.42. The number of rotatable bonds is 6. The Hall–Kier alpha value is -2.01. The van der Waals surface area contributed by atoms with E-state index < -0.39 is 0 Å². The van der Waals surface area contributed by atoms with Crippen molar-refractivity contribution in [1.29, 1.82) is 0 Å². The molecule has 0 bridgehead atoms. The van der Waals surface area contributed by atoms with Crippen LogP contribution in [0.3, 0.4) is 0 Å². The SMILES string of the molecule is CC(C)(C)NC(=O)COc1ccc(CNc2ccc(Br)cc2)cc1. The molecule has 0 aliphatic heterocycles. The minimum absolute atomic E-state index is 0.0216. The number of benzene rings is 2. The quantitative estimate of drug-likeness (QED) is 0.770. The largest absolute Gasteiger partial charge is 0.484 e. The summed E-state index contributed by atoms with van der Waals surface area (Å²) in [5.74, 6) is 0.565. The summed E-state index contributed by atoms with van der Waals surface area (Å²) in [5, 5.41) is 6.22. The Morgan fingerprint density at radius 1 is 1.04 bits per heavy atom. The van der Waals surface area contributed by atoms with Gasteiger partial charge < -0.3 is 15.4 Å². The van der Waals surface area contributed by atoms with E-state index in [1.54, 1.807) is 0 Å². The van der Waals surface area contributed by atoms with E-state index in [0.29, 0.717) is 5.75 Å². The molecule has 0 radical (unpaired) electrons. The van der Waals surface area contributed by atoms with Crippen LogP contribution in [-0.2, 0) is 11.3 Å². The molecule has 1 amide bonds. The summed E-state index contributed by atoms with van der Waals surface area (Å²) in [6, 6.07) is 15.8. The van der Waals surface area contributed by atoms with Crippen molar-refractivity contribution in [2.75, 3.05) is 11.9 Å². The van der Waals surface area contributed by atoms with Gasteiger partial charge in [-0.05, 0) is 62.7 Å². The first-order valence-electron chi connectivity index (χ1n) is 7.84. The van der Waals surface area contributed by atoms with Gasteiger partial charge >= 0.3 is 0 Å². The number of carbonyl (C=O) groups excluding carboxylic acids is 1. The lowest BCUT2D eigenvalue weighted by Crippen LogP contribution is -2.43. The molecule has 0 saturated carbocycles. The fourth-order valence-electron chi connectivity index (χ4n) is 2.08. The van der Waals surface area contributed by atoms with E-state index in [-0.39, 0.29) is 18.1 Å². The monoisotopic (exact) mass is 390 g/mol.